The van der Waals surface area contributed by atoms with Crippen LogP contribution in [0.3, 0.4) is 0 Å². The van der Waals surface area contributed by atoms with Crippen LogP contribution in [0.25, 0.3) is 10.8 Å². The fourth-order valence-electron chi connectivity index (χ4n) is 4.37. The first kappa shape index (κ1) is 24.7. The Kier molecular flexibility index (Phi) is 9.55. The molecule has 0 spiro atoms. The number of hydrogen-bond donors (Lipinski definition) is 1. The molecular weight excluding hydrogens is 517 g/mol. The Morgan fingerprint density at radius 1 is 0.969 bits per heavy atom. The van der Waals surface area contributed by atoms with Crippen LogP contribution in [0.1, 0.15) is 5.56 Å². The number of ether oxygens (including phenoxy) is 1. The van der Waals surface area contributed by atoms with E-state index in [0.717, 1.165) is 45.1 Å². The van der Waals surface area contributed by atoms with Crippen molar-refractivity contribution in [3.05, 3.63) is 48.0 Å². The van der Waals surface area contributed by atoms with Crippen LogP contribution in [0, 0.1) is 0 Å². The quantitative estimate of drug-likeness (QED) is 0.351. The van der Waals surface area contributed by atoms with Gasteiger partial charge in [-0.1, -0.05) is 42.5 Å². The molecule has 2 saturated heterocycles. The van der Waals surface area contributed by atoms with E-state index in [9.17, 15) is 4.79 Å². The predicted molar refractivity (Wildman–Crippen MR) is 140 cm³/mol. The lowest BCUT2D eigenvalue weighted by Gasteiger charge is -2.37. The van der Waals surface area contributed by atoms with E-state index in [-0.39, 0.29) is 29.9 Å². The van der Waals surface area contributed by atoms with E-state index in [1.807, 2.05) is 11.9 Å². The Hall–Kier alpha value is -1.91. The van der Waals surface area contributed by atoms with Gasteiger partial charge in [0.25, 0.3) is 0 Å². The number of nitrogens with zero attached hydrogens (tertiary/aromatic N) is 4. The Morgan fingerprint density at radius 2 is 1.69 bits per heavy atom. The average Bonchev–Trinajstić information content (AvgIpc) is 2.83. The van der Waals surface area contributed by atoms with Crippen LogP contribution in [0.4, 0.5) is 0 Å². The molecule has 1 amide bonds. The van der Waals surface area contributed by atoms with Crippen LogP contribution in [-0.2, 0) is 16.0 Å². The maximum absolute atomic E-state index is 12.5. The second-order valence-electron chi connectivity index (χ2n) is 8.12. The Labute approximate surface area is 207 Å². The highest BCUT2D eigenvalue weighted by atomic mass is 127. The lowest BCUT2D eigenvalue weighted by Crippen LogP contribution is -2.55. The summed E-state index contributed by atoms with van der Waals surface area (Å²) in [4.78, 5) is 23.4. The van der Waals surface area contributed by atoms with Gasteiger partial charge in [-0.3, -0.25) is 14.7 Å². The molecule has 8 heteroatoms. The molecule has 2 fully saturated rings. The van der Waals surface area contributed by atoms with Crippen LogP contribution in [-0.4, -0.2) is 99.2 Å². The van der Waals surface area contributed by atoms with Gasteiger partial charge in [0.2, 0.25) is 5.91 Å². The molecule has 0 aliphatic carbocycles. The number of carbonyl (C=O) groups excluding carboxylic acids is 1. The number of rotatable bonds is 5. The summed E-state index contributed by atoms with van der Waals surface area (Å²) in [5.41, 5.74) is 1.35. The van der Waals surface area contributed by atoms with Gasteiger partial charge in [0.1, 0.15) is 0 Å². The van der Waals surface area contributed by atoms with E-state index in [4.69, 9.17) is 4.74 Å². The van der Waals surface area contributed by atoms with Crippen molar-refractivity contribution in [1.29, 1.82) is 0 Å². The van der Waals surface area contributed by atoms with Gasteiger partial charge < -0.3 is 19.9 Å². The molecule has 2 aliphatic heterocycles. The molecule has 2 aromatic carbocycles. The van der Waals surface area contributed by atoms with Crippen molar-refractivity contribution in [1.82, 2.24) is 20.0 Å². The second kappa shape index (κ2) is 12.4. The van der Waals surface area contributed by atoms with E-state index >= 15 is 0 Å². The smallest absolute Gasteiger partial charge is 0.236 e. The molecule has 1 N–H and O–H groups in total. The number of fused-ring (bicyclic) bond motifs is 1. The molecule has 4 rings (SSSR count). The summed E-state index contributed by atoms with van der Waals surface area (Å²) in [6, 6.07) is 15.0. The highest BCUT2D eigenvalue weighted by Crippen LogP contribution is 2.18. The van der Waals surface area contributed by atoms with Crippen LogP contribution < -0.4 is 5.32 Å². The first-order valence-corrected chi connectivity index (χ1v) is 11.2. The van der Waals surface area contributed by atoms with Gasteiger partial charge in [-0.05, 0) is 22.8 Å². The van der Waals surface area contributed by atoms with Crippen molar-refractivity contribution < 1.29 is 9.53 Å². The van der Waals surface area contributed by atoms with E-state index in [2.05, 4.69) is 62.6 Å². The van der Waals surface area contributed by atoms with Crippen molar-refractivity contribution in [2.45, 2.75) is 6.42 Å². The van der Waals surface area contributed by atoms with E-state index < -0.39 is 0 Å². The Balaban J connectivity index is 0.00000289. The molecule has 7 nitrogen and oxygen atoms in total. The summed E-state index contributed by atoms with van der Waals surface area (Å²) in [5, 5.41) is 6.13. The number of benzene rings is 2. The zero-order valence-electron chi connectivity index (χ0n) is 18.8. The maximum atomic E-state index is 12.5. The first-order chi connectivity index (χ1) is 15.2. The Morgan fingerprint density at radius 3 is 2.44 bits per heavy atom. The molecule has 2 aromatic rings. The largest absolute Gasteiger partial charge is 0.378 e. The molecule has 174 valence electrons. The third kappa shape index (κ3) is 6.32. The fourth-order valence-corrected chi connectivity index (χ4v) is 4.37. The minimum atomic E-state index is 0. The normalized spacial score (nSPS) is 17.8. The molecule has 0 aromatic heterocycles. The molecule has 0 radical (unpaired) electrons. The number of morpholine rings is 1. The highest BCUT2D eigenvalue weighted by Gasteiger charge is 2.24. The molecular formula is C24H34IN5O2. The number of guanidine groups is 1. The second-order valence-corrected chi connectivity index (χ2v) is 8.12. The SMILES string of the molecule is CN=C(NCCc1cccc2ccccc12)N1CCN(CC(=O)N2CCOCC2)CC1.I. The van der Waals surface area contributed by atoms with Gasteiger partial charge in [-0.15, -0.1) is 24.0 Å². The van der Waals surface area contributed by atoms with Crippen molar-refractivity contribution in [3.8, 4) is 0 Å². The van der Waals surface area contributed by atoms with Gasteiger partial charge in [-0.25, -0.2) is 0 Å². The number of piperazine rings is 1. The highest BCUT2D eigenvalue weighted by molar-refractivity contribution is 14.0. The summed E-state index contributed by atoms with van der Waals surface area (Å²) in [6.45, 7) is 7.59. The monoisotopic (exact) mass is 551 g/mol. The molecule has 0 saturated carbocycles. The van der Waals surface area contributed by atoms with Crippen molar-refractivity contribution in [2.75, 3.05) is 72.6 Å². The number of hydrogen-bond acceptors (Lipinski definition) is 4. The molecule has 2 heterocycles. The van der Waals surface area contributed by atoms with Gasteiger partial charge in [0.15, 0.2) is 5.96 Å². The lowest BCUT2D eigenvalue weighted by molar-refractivity contribution is -0.136. The van der Waals surface area contributed by atoms with Crippen LogP contribution in [0.5, 0.6) is 0 Å². The summed E-state index contributed by atoms with van der Waals surface area (Å²) in [7, 11) is 1.84. The number of amides is 1. The minimum Gasteiger partial charge on any atom is -0.378 e. The zero-order valence-corrected chi connectivity index (χ0v) is 21.2. The van der Waals surface area contributed by atoms with Crippen LogP contribution in [0.15, 0.2) is 47.5 Å². The van der Waals surface area contributed by atoms with Gasteiger partial charge in [-0.2, -0.15) is 0 Å². The number of carbonyl (C=O) groups is 1. The molecule has 0 unspecified atom stereocenters. The summed E-state index contributed by atoms with van der Waals surface area (Å²) in [5.74, 6) is 1.16. The molecule has 32 heavy (non-hydrogen) atoms. The standard InChI is InChI=1S/C24H33N5O2.HI/c1-25-24(26-10-9-21-7-4-6-20-5-2-3-8-22(20)21)29-13-11-27(12-14-29)19-23(30)28-15-17-31-18-16-28;/h2-8H,9-19H2,1H3,(H,25,26);1H. The van der Waals surface area contributed by atoms with Gasteiger partial charge >= 0.3 is 0 Å². The van der Waals surface area contributed by atoms with Crippen LogP contribution >= 0.6 is 24.0 Å². The first-order valence-electron chi connectivity index (χ1n) is 11.2. The number of aliphatic imine (C=N–C) groups is 1. The fraction of sp³-hybridized carbons (Fsp3) is 0.500. The van der Waals surface area contributed by atoms with Crippen molar-refractivity contribution in [2.24, 2.45) is 4.99 Å². The third-order valence-corrected chi connectivity index (χ3v) is 6.16. The van der Waals surface area contributed by atoms with E-state index in [1.165, 1.54) is 16.3 Å². The molecule has 0 atom stereocenters. The molecule has 2 aliphatic rings. The average molecular weight is 551 g/mol. The lowest BCUT2D eigenvalue weighted by atomic mass is 10.0. The minimum absolute atomic E-state index is 0. The third-order valence-electron chi connectivity index (χ3n) is 6.16. The topological polar surface area (TPSA) is 60.4 Å². The van der Waals surface area contributed by atoms with Gasteiger partial charge in [0.05, 0.1) is 19.8 Å². The summed E-state index contributed by atoms with van der Waals surface area (Å²) < 4.78 is 5.34. The van der Waals surface area contributed by atoms with Crippen molar-refractivity contribution >= 4 is 46.6 Å². The van der Waals surface area contributed by atoms with Crippen molar-refractivity contribution in [3.63, 3.8) is 0 Å². The van der Waals surface area contributed by atoms with E-state index in [1.54, 1.807) is 0 Å². The van der Waals surface area contributed by atoms with E-state index in [0.29, 0.717) is 32.8 Å². The predicted octanol–water partition coefficient (Wildman–Crippen LogP) is 2.05. The van der Waals surface area contributed by atoms with Crippen LogP contribution in [0.2, 0.25) is 0 Å². The zero-order chi connectivity index (χ0) is 21.5. The maximum Gasteiger partial charge on any atom is 0.236 e. The number of halogens is 1. The number of nitrogens with one attached hydrogen (secondary N) is 1. The Bertz CT molecular complexity index is 903. The summed E-state index contributed by atoms with van der Waals surface area (Å²) in [6.07, 6.45) is 0.953. The summed E-state index contributed by atoms with van der Waals surface area (Å²) >= 11 is 0. The van der Waals surface area contributed by atoms with Gasteiger partial charge in [0, 0.05) is 52.9 Å². The molecule has 0 bridgehead atoms.